The molecule has 3 heteroatoms. The fourth-order valence-electron chi connectivity index (χ4n) is 1.76. The van der Waals surface area contributed by atoms with E-state index in [1.807, 2.05) is 6.92 Å². The summed E-state index contributed by atoms with van der Waals surface area (Å²) in [6.07, 6.45) is 4.71. The van der Waals surface area contributed by atoms with Gasteiger partial charge in [0.05, 0.1) is 0 Å². The van der Waals surface area contributed by atoms with Crippen molar-refractivity contribution in [1.29, 1.82) is 0 Å². The first-order chi connectivity index (χ1) is 8.63. The molecule has 0 fully saturated rings. The van der Waals surface area contributed by atoms with E-state index in [1.54, 1.807) is 0 Å². The summed E-state index contributed by atoms with van der Waals surface area (Å²) in [5, 5.41) is 3.30. The summed E-state index contributed by atoms with van der Waals surface area (Å²) in [7, 11) is 0. The van der Waals surface area contributed by atoms with Crippen LogP contribution in [0.5, 0.6) is 0 Å². The molecule has 0 aliphatic rings. The van der Waals surface area contributed by atoms with Gasteiger partial charge in [-0.15, -0.1) is 0 Å². The van der Waals surface area contributed by atoms with Crippen molar-refractivity contribution in [3.05, 3.63) is 47.0 Å². The van der Waals surface area contributed by atoms with Crippen LogP contribution in [-0.2, 0) is 6.42 Å². The van der Waals surface area contributed by atoms with Gasteiger partial charge in [-0.25, -0.2) is 8.78 Å². The first-order valence-corrected chi connectivity index (χ1v) is 6.43. The minimum atomic E-state index is -0.526. The Morgan fingerprint density at radius 1 is 1.28 bits per heavy atom. The number of allylic oxidation sites excluding steroid dienone is 1. The second-order valence-electron chi connectivity index (χ2n) is 4.50. The SMILES string of the molecule is CCCNCCC=C(C)Cc1ccc(F)cc1F. The lowest BCUT2D eigenvalue weighted by atomic mass is 10.0. The topological polar surface area (TPSA) is 12.0 Å². The summed E-state index contributed by atoms with van der Waals surface area (Å²) in [5.74, 6) is -0.992. The first-order valence-electron chi connectivity index (χ1n) is 6.43. The van der Waals surface area contributed by atoms with Crippen molar-refractivity contribution in [3.63, 3.8) is 0 Å². The van der Waals surface area contributed by atoms with E-state index in [-0.39, 0.29) is 0 Å². The maximum absolute atomic E-state index is 13.4. The predicted octanol–water partition coefficient (Wildman–Crippen LogP) is 3.84. The molecule has 1 aromatic carbocycles. The van der Waals surface area contributed by atoms with E-state index in [2.05, 4.69) is 18.3 Å². The van der Waals surface area contributed by atoms with Gasteiger partial charge in [-0.1, -0.05) is 24.6 Å². The molecule has 0 amide bonds. The molecule has 100 valence electrons. The highest BCUT2D eigenvalue weighted by molar-refractivity contribution is 5.23. The summed E-state index contributed by atoms with van der Waals surface area (Å²) in [6.45, 7) is 6.07. The molecule has 0 unspecified atom stereocenters. The molecule has 1 aromatic rings. The lowest BCUT2D eigenvalue weighted by Gasteiger charge is -2.05. The Morgan fingerprint density at radius 2 is 2.06 bits per heavy atom. The van der Waals surface area contributed by atoms with Gasteiger partial charge in [0.2, 0.25) is 0 Å². The highest BCUT2D eigenvalue weighted by Crippen LogP contribution is 2.14. The molecule has 0 aromatic heterocycles. The number of hydrogen-bond donors (Lipinski definition) is 1. The Hall–Kier alpha value is -1.22. The van der Waals surface area contributed by atoms with Crippen molar-refractivity contribution in [2.45, 2.75) is 33.1 Å². The zero-order chi connectivity index (χ0) is 13.4. The first kappa shape index (κ1) is 14.8. The molecule has 0 saturated heterocycles. The van der Waals surface area contributed by atoms with Gasteiger partial charge in [-0.2, -0.15) is 0 Å². The van der Waals surface area contributed by atoms with E-state index in [1.165, 1.54) is 12.1 Å². The van der Waals surface area contributed by atoms with Crippen molar-refractivity contribution in [3.8, 4) is 0 Å². The highest BCUT2D eigenvalue weighted by atomic mass is 19.1. The highest BCUT2D eigenvalue weighted by Gasteiger charge is 2.03. The number of benzene rings is 1. The summed E-state index contributed by atoms with van der Waals surface area (Å²) < 4.78 is 26.2. The monoisotopic (exact) mass is 253 g/mol. The number of halogens is 2. The van der Waals surface area contributed by atoms with E-state index in [4.69, 9.17) is 0 Å². The summed E-state index contributed by atoms with van der Waals surface area (Å²) in [5.41, 5.74) is 1.66. The number of hydrogen-bond acceptors (Lipinski definition) is 1. The molecule has 0 spiro atoms. The number of nitrogens with one attached hydrogen (secondary N) is 1. The number of rotatable bonds is 7. The maximum Gasteiger partial charge on any atom is 0.129 e. The Balaban J connectivity index is 2.43. The third kappa shape index (κ3) is 5.41. The van der Waals surface area contributed by atoms with Crippen molar-refractivity contribution in [2.75, 3.05) is 13.1 Å². The van der Waals surface area contributed by atoms with Gasteiger partial charge < -0.3 is 5.32 Å². The van der Waals surface area contributed by atoms with E-state index in [0.29, 0.717) is 12.0 Å². The van der Waals surface area contributed by atoms with E-state index in [9.17, 15) is 8.78 Å². The Labute approximate surface area is 108 Å². The van der Waals surface area contributed by atoms with Gasteiger partial charge >= 0.3 is 0 Å². The van der Waals surface area contributed by atoms with Gasteiger partial charge in [-0.05, 0) is 50.9 Å². The van der Waals surface area contributed by atoms with Gasteiger partial charge in [0.25, 0.3) is 0 Å². The molecule has 0 atom stereocenters. The Kier molecular flexibility index (Phi) is 6.58. The predicted molar refractivity (Wildman–Crippen MR) is 71.6 cm³/mol. The molecular formula is C15H21F2N. The molecular weight excluding hydrogens is 232 g/mol. The molecule has 1 N–H and O–H groups in total. The minimum Gasteiger partial charge on any atom is -0.316 e. The van der Waals surface area contributed by atoms with Crippen LogP contribution in [0.4, 0.5) is 8.78 Å². The average Bonchev–Trinajstić information content (AvgIpc) is 2.32. The molecule has 0 saturated carbocycles. The zero-order valence-electron chi connectivity index (χ0n) is 11.1. The molecule has 1 nitrogen and oxygen atoms in total. The van der Waals surface area contributed by atoms with Crippen LogP contribution in [0.2, 0.25) is 0 Å². The maximum atomic E-state index is 13.4. The average molecular weight is 253 g/mol. The van der Waals surface area contributed by atoms with E-state index in [0.717, 1.165) is 37.6 Å². The van der Waals surface area contributed by atoms with Gasteiger partial charge in [0.15, 0.2) is 0 Å². The quantitative estimate of drug-likeness (QED) is 0.575. The van der Waals surface area contributed by atoms with Crippen LogP contribution in [0.15, 0.2) is 29.8 Å². The molecule has 0 radical (unpaired) electrons. The summed E-state index contributed by atoms with van der Waals surface area (Å²) in [6, 6.07) is 3.75. The standard InChI is InChI=1S/C15H21F2N/c1-3-8-18-9-4-5-12(2)10-13-6-7-14(16)11-15(13)17/h5-7,11,18H,3-4,8-10H2,1-2H3. The fraction of sp³-hybridized carbons (Fsp3) is 0.467. The Bertz CT molecular complexity index is 399. The molecule has 18 heavy (non-hydrogen) atoms. The molecule has 0 aliphatic heterocycles. The molecule has 0 bridgehead atoms. The largest absolute Gasteiger partial charge is 0.316 e. The van der Waals surface area contributed by atoms with Crippen LogP contribution < -0.4 is 5.32 Å². The van der Waals surface area contributed by atoms with Crippen LogP contribution in [0.3, 0.4) is 0 Å². The van der Waals surface area contributed by atoms with Gasteiger partial charge in [-0.3, -0.25) is 0 Å². The third-order valence-electron chi connectivity index (χ3n) is 2.73. The van der Waals surface area contributed by atoms with Gasteiger partial charge in [0.1, 0.15) is 11.6 Å². The van der Waals surface area contributed by atoms with Crippen molar-refractivity contribution in [1.82, 2.24) is 5.32 Å². The van der Waals surface area contributed by atoms with E-state index < -0.39 is 11.6 Å². The third-order valence-corrected chi connectivity index (χ3v) is 2.73. The smallest absolute Gasteiger partial charge is 0.129 e. The van der Waals surface area contributed by atoms with Crippen LogP contribution >= 0.6 is 0 Å². The second kappa shape index (κ2) is 7.98. The van der Waals surface area contributed by atoms with Crippen LogP contribution in [0.25, 0.3) is 0 Å². The van der Waals surface area contributed by atoms with Crippen molar-refractivity contribution >= 4 is 0 Å². The normalized spacial score (nSPS) is 11.9. The Morgan fingerprint density at radius 3 is 2.72 bits per heavy atom. The lowest BCUT2D eigenvalue weighted by molar-refractivity contribution is 0.574. The summed E-state index contributed by atoms with van der Waals surface area (Å²) >= 11 is 0. The van der Waals surface area contributed by atoms with Crippen molar-refractivity contribution < 1.29 is 8.78 Å². The lowest BCUT2D eigenvalue weighted by Crippen LogP contribution is -2.15. The minimum absolute atomic E-state index is 0.466. The van der Waals surface area contributed by atoms with Crippen LogP contribution in [-0.4, -0.2) is 13.1 Å². The zero-order valence-corrected chi connectivity index (χ0v) is 11.1. The molecule has 0 aliphatic carbocycles. The van der Waals surface area contributed by atoms with Crippen LogP contribution in [0.1, 0.15) is 32.3 Å². The van der Waals surface area contributed by atoms with E-state index >= 15 is 0 Å². The summed E-state index contributed by atoms with van der Waals surface area (Å²) in [4.78, 5) is 0. The fourth-order valence-corrected chi connectivity index (χ4v) is 1.76. The second-order valence-corrected chi connectivity index (χ2v) is 4.50. The molecule has 0 heterocycles. The van der Waals surface area contributed by atoms with Crippen LogP contribution in [0, 0.1) is 11.6 Å². The molecule has 1 rings (SSSR count). The van der Waals surface area contributed by atoms with Crippen molar-refractivity contribution in [2.24, 2.45) is 0 Å². The van der Waals surface area contributed by atoms with Gasteiger partial charge in [0, 0.05) is 6.07 Å².